The van der Waals surface area contributed by atoms with Gasteiger partial charge in [-0.15, -0.1) is 0 Å². The summed E-state index contributed by atoms with van der Waals surface area (Å²) in [6.07, 6.45) is 3.96. The van der Waals surface area contributed by atoms with E-state index in [1.54, 1.807) is 0 Å². The monoisotopic (exact) mass is 369 g/mol. The van der Waals surface area contributed by atoms with E-state index in [1.165, 1.54) is 14.7 Å². The predicted molar refractivity (Wildman–Crippen MR) is 87.0 cm³/mol. The van der Waals surface area contributed by atoms with E-state index in [1.807, 2.05) is 10.9 Å². The topological polar surface area (TPSA) is 29.9 Å². The molecule has 1 aromatic heterocycles. The van der Waals surface area contributed by atoms with Crippen molar-refractivity contribution in [1.82, 2.24) is 15.1 Å². The van der Waals surface area contributed by atoms with Gasteiger partial charge in [0.15, 0.2) is 0 Å². The van der Waals surface area contributed by atoms with Crippen LogP contribution in [0.15, 0.2) is 36.7 Å². The molecule has 0 aliphatic heterocycles. The number of benzene rings is 1. The molecule has 0 unspecified atom stereocenters. The second-order valence-corrected chi connectivity index (χ2v) is 6.40. The Morgan fingerprint density at radius 2 is 2.00 bits per heavy atom. The quantitative estimate of drug-likeness (QED) is 0.792. The van der Waals surface area contributed by atoms with Crippen molar-refractivity contribution in [2.45, 2.75) is 26.9 Å². The Kier molecular flexibility index (Phi) is 5.39. The summed E-state index contributed by atoms with van der Waals surface area (Å²) in [5.74, 6) is 0.680. The average Bonchev–Trinajstić information content (AvgIpc) is 2.77. The van der Waals surface area contributed by atoms with Crippen LogP contribution in [-0.4, -0.2) is 16.3 Å². The maximum Gasteiger partial charge on any atom is 0.0662 e. The van der Waals surface area contributed by atoms with E-state index in [9.17, 15) is 0 Å². The van der Waals surface area contributed by atoms with Crippen LogP contribution in [0.4, 0.5) is 0 Å². The van der Waals surface area contributed by atoms with Gasteiger partial charge in [-0.2, -0.15) is 5.10 Å². The van der Waals surface area contributed by atoms with E-state index in [2.05, 4.69) is 77.3 Å². The van der Waals surface area contributed by atoms with Crippen molar-refractivity contribution in [3.8, 4) is 0 Å². The van der Waals surface area contributed by atoms with Crippen LogP contribution in [0.1, 0.15) is 25.0 Å². The summed E-state index contributed by atoms with van der Waals surface area (Å²) in [5.41, 5.74) is 2.69. The molecule has 4 heteroatoms. The van der Waals surface area contributed by atoms with Gasteiger partial charge >= 0.3 is 0 Å². The number of hydrogen-bond acceptors (Lipinski definition) is 2. The second kappa shape index (κ2) is 7.05. The number of halogens is 1. The molecule has 0 saturated heterocycles. The van der Waals surface area contributed by atoms with Crippen LogP contribution in [0.5, 0.6) is 0 Å². The normalized spacial score (nSPS) is 11.2. The molecule has 0 atom stereocenters. The predicted octanol–water partition coefficient (Wildman–Crippen LogP) is 3.28. The van der Waals surface area contributed by atoms with Gasteiger partial charge in [0.2, 0.25) is 0 Å². The fraction of sp³-hybridized carbons (Fsp3) is 0.400. The third-order valence-corrected chi connectivity index (χ3v) is 3.48. The highest BCUT2D eigenvalue weighted by molar-refractivity contribution is 14.1. The number of rotatable bonds is 6. The van der Waals surface area contributed by atoms with Crippen LogP contribution < -0.4 is 5.32 Å². The van der Waals surface area contributed by atoms with E-state index >= 15 is 0 Å². The summed E-state index contributed by atoms with van der Waals surface area (Å²) in [4.78, 5) is 0. The van der Waals surface area contributed by atoms with Crippen molar-refractivity contribution in [2.24, 2.45) is 5.92 Å². The zero-order valence-corrected chi connectivity index (χ0v) is 13.6. The van der Waals surface area contributed by atoms with Gasteiger partial charge in [-0.05, 0) is 46.2 Å². The number of aromatic nitrogens is 2. The molecule has 1 heterocycles. The highest BCUT2D eigenvalue weighted by atomic mass is 127. The number of hydrogen-bond donors (Lipinski definition) is 1. The summed E-state index contributed by atoms with van der Waals surface area (Å²) in [5, 5.41) is 7.85. The Morgan fingerprint density at radius 1 is 1.26 bits per heavy atom. The molecule has 19 heavy (non-hydrogen) atoms. The van der Waals surface area contributed by atoms with Gasteiger partial charge in [-0.3, -0.25) is 4.68 Å². The molecule has 0 fully saturated rings. The van der Waals surface area contributed by atoms with Crippen LogP contribution in [0.2, 0.25) is 0 Å². The van der Waals surface area contributed by atoms with E-state index in [0.29, 0.717) is 5.92 Å². The molecule has 1 N–H and O–H groups in total. The Balaban J connectivity index is 2.03. The maximum absolute atomic E-state index is 4.35. The minimum atomic E-state index is 0.680. The van der Waals surface area contributed by atoms with Crippen LogP contribution in [0.25, 0.3) is 0 Å². The Bertz CT molecular complexity index is 520. The molecule has 0 radical (unpaired) electrons. The molecule has 3 nitrogen and oxygen atoms in total. The highest BCUT2D eigenvalue weighted by Gasteiger charge is 2.04. The first-order valence-electron chi connectivity index (χ1n) is 6.60. The first kappa shape index (κ1) is 14.5. The lowest BCUT2D eigenvalue weighted by Crippen LogP contribution is -2.20. The zero-order valence-electron chi connectivity index (χ0n) is 11.4. The van der Waals surface area contributed by atoms with E-state index in [-0.39, 0.29) is 0 Å². The van der Waals surface area contributed by atoms with Crippen molar-refractivity contribution < 1.29 is 0 Å². The zero-order chi connectivity index (χ0) is 13.7. The third kappa shape index (κ3) is 4.62. The van der Waals surface area contributed by atoms with Gasteiger partial charge < -0.3 is 5.32 Å². The van der Waals surface area contributed by atoms with Gasteiger partial charge in [0, 0.05) is 12.7 Å². The lowest BCUT2D eigenvalue weighted by atomic mass is 10.1. The molecule has 0 aliphatic rings. The molecular weight excluding hydrogens is 349 g/mol. The molecular formula is C15H20IN3. The van der Waals surface area contributed by atoms with E-state index in [0.717, 1.165) is 19.6 Å². The van der Waals surface area contributed by atoms with Crippen LogP contribution in [-0.2, 0) is 13.1 Å². The van der Waals surface area contributed by atoms with Crippen LogP contribution in [0, 0.1) is 9.49 Å². The summed E-state index contributed by atoms with van der Waals surface area (Å²) < 4.78 is 3.16. The summed E-state index contributed by atoms with van der Waals surface area (Å²) in [6, 6.07) is 8.57. The van der Waals surface area contributed by atoms with E-state index < -0.39 is 0 Å². The van der Waals surface area contributed by atoms with Gasteiger partial charge in [0.1, 0.15) is 0 Å². The fourth-order valence-corrected chi connectivity index (χ4v) is 2.43. The summed E-state index contributed by atoms with van der Waals surface area (Å²) >= 11 is 2.29. The molecule has 0 spiro atoms. The molecule has 0 bridgehead atoms. The molecule has 102 valence electrons. The van der Waals surface area contributed by atoms with Crippen molar-refractivity contribution in [1.29, 1.82) is 0 Å². The molecule has 0 amide bonds. The lowest BCUT2D eigenvalue weighted by molar-refractivity contribution is 0.549. The first-order chi connectivity index (χ1) is 9.15. The standard InChI is InChI=1S/C15H20IN3/c1-12(2)7-17-8-13-5-3-4-6-14(13)10-19-11-15(16)9-18-19/h3-6,9,11-12,17H,7-8,10H2,1-2H3. The van der Waals surface area contributed by atoms with E-state index in [4.69, 9.17) is 0 Å². The minimum absolute atomic E-state index is 0.680. The Hall–Kier alpha value is -0.880. The van der Waals surface area contributed by atoms with Gasteiger partial charge in [0.25, 0.3) is 0 Å². The molecule has 1 aromatic carbocycles. The van der Waals surface area contributed by atoms with Crippen molar-refractivity contribution in [3.63, 3.8) is 0 Å². The maximum atomic E-state index is 4.35. The van der Waals surface area contributed by atoms with Crippen LogP contribution in [0.3, 0.4) is 0 Å². The third-order valence-electron chi connectivity index (χ3n) is 2.92. The SMILES string of the molecule is CC(C)CNCc1ccccc1Cn1cc(I)cn1. The minimum Gasteiger partial charge on any atom is -0.312 e. The van der Waals surface area contributed by atoms with Crippen molar-refractivity contribution in [2.75, 3.05) is 6.54 Å². The van der Waals surface area contributed by atoms with Gasteiger partial charge in [-0.1, -0.05) is 38.1 Å². The summed E-state index contributed by atoms with van der Waals surface area (Å²) in [7, 11) is 0. The molecule has 2 aromatic rings. The highest BCUT2D eigenvalue weighted by Crippen LogP contribution is 2.11. The van der Waals surface area contributed by atoms with Crippen LogP contribution >= 0.6 is 22.6 Å². The van der Waals surface area contributed by atoms with Crippen molar-refractivity contribution in [3.05, 3.63) is 51.4 Å². The molecule has 0 aliphatic carbocycles. The second-order valence-electron chi connectivity index (χ2n) is 5.15. The summed E-state index contributed by atoms with van der Waals surface area (Å²) in [6.45, 7) is 7.26. The Labute approximate surface area is 128 Å². The smallest absolute Gasteiger partial charge is 0.0662 e. The molecule has 0 saturated carbocycles. The van der Waals surface area contributed by atoms with Gasteiger partial charge in [-0.25, -0.2) is 0 Å². The first-order valence-corrected chi connectivity index (χ1v) is 7.68. The van der Waals surface area contributed by atoms with Gasteiger partial charge in [0.05, 0.1) is 16.3 Å². The lowest BCUT2D eigenvalue weighted by Gasteiger charge is -2.12. The fourth-order valence-electron chi connectivity index (χ4n) is 1.98. The number of nitrogens with zero attached hydrogens (tertiary/aromatic N) is 2. The average molecular weight is 369 g/mol. The Morgan fingerprint density at radius 3 is 2.63 bits per heavy atom. The largest absolute Gasteiger partial charge is 0.312 e. The number of nitrogens with one attached hydrogen (secondary N) is 1. The molecule has 2 rings (SSSR count). The van der Waals surface area contributed by atoms with Crippen molar-refractivity contribution >= 4 is 22.6 Å².